The molecule has 1 amide bonds. The van der Waals surface area contributed by atoms with Crippen LogP contribution in [0.1, 0.15) is 40.8 Å². The number of carbonyl (C=O) groups is 1. The molecule has 2 atom stereocenters. The van der Waals surface area contributed by atoms with Gasteiger partial charge in [-0.25, -0.2) is 0 Å². The van der Waals surface area contributed by atoms with E-state index in [1.807, 2.05) is 37.3 Å². The summed E-state index contributed by atoms with van der Waals surface area (Å²) in [7, 11) is 0. The first-order valence-corrected chi connectivity index (χ1v) is 12.1. The van der Waals surface area contributed by atoms with Crippen molar-refractivity contribution in [2.45, 2.75) is 45.1 Å². The van der Waals surface area contributed by atoms with Crippen molar-refractivity contribution in [2.24, 2.45) is 0 Å². The van der Waals surface area contributed by atoms with Gasteiger partial charge in [0.25, 0.3) is 0 Å². The number of amides is 1. The molecule has 0 aliphatic rings. The van der Waals surface area contributed by atoms with Crippen molar-refractivity contribution in [1.29, 1.82) is 0 Å². The number of hydrogen-bond donors (Lipinski definition) is 5. The lowest BCUT2D eigenvalue weighted by Crippen LogP contribution is -2.32. The Labute approximate surface area is 215 Å². The highest BCUT2D eigenvalue weighted by Crippen LogP contribution is 2.23. The third-order valence-electron chi connectivity index (χ3n) is 5.69. The highest BCUT2D eigenvalue weighted by molar-refractivity contribution is 6.42. The van der Waals surface area contributed by atoms with Gasteiger partial charge < -0.3 is 26.0 Å². The quantitative estimate of drug-likeness (QED) is 0.261. The van der Waals surface area contributed by atoms with E-state index in [1.54, 1.807) is 24.3 Å². The van der Waals surface area contributed by atoms with Crippen LogP contribution in [0.5, 0.6) is 5.75 Å². The van der Waals surface area contributed by atoms with Gasteiger partial charge in [0.2, 0.25) is 5.91 Å². The van der Waals surface area contributed by atoms with E-state index in [1.165, 1.54) is 6.07 Å². The van der Waals surface area contributed by atoms with Crippen molar-refractivity contribution < 1.29 is 20.1 Å². The number of benzene rings is 3. The number of aliphatic hydroxyl groups is 2. The van der Waals surface area contributed by atoms with Crippen molar-refractivity contribution in [1.82, 2.24) is 10.6 Å². The third kappa shape index (κ3) is 8.23. The summed E-state index contributed by atoms with van der Waals surface area (Å²) in [6.45, 7) is 2.44. The van der Waals surface area contributed by atoms with Crippen LogP contribution in [0.25, 0.3) is 0 Å². The fourth-order valence-electron chi connectivity index (χ4n) is 3.76. The molecule has 0 radical (unpaired) electrons. The minimum atomic E-state index is -0.770. The zero-order valence-corrected chi connectivity index (χ0v) is 21.0. The molecule has 0 fully saturated rings. The Kier molecular flexibility index (Phi) is 9.95. The minimum Gasteiger partial charge on any atom is -0.508 e. The first-order chi connectivity index (χ1) is 16.7. The average Bonchev–Trinajstić information content (AvgIpc) is 2.83. The lowest BCUT2D eigenvalue weighted by atomic mass is 10.0. The van der Waals surface area contributed by atoms with Gasteiger partial charge in [-0.3, -0.25) is 4.79 Å². The van der Waals surface area contributed by atoms with E-state index < -0.39 is 6.10 Å². The maximum atomic E-state index is 12.4. The van der Waals surface area contributed by atoms with Crippen molar-refractivity contribution in [3.05, 3.63) is 98.5 Å². The fourth-order valence-corrected chi connectivity index (χ4v) is 4.08. The topological polar surface area (TPSA) is 102 Å². The standard InChI is InChI=1S/C27H30Cl2N2O4/c1-17(30-15-26(34)21-6-8-25(33)22(13-21)16-32)9-18-3-2-4-19(10-18)12-27(35)31-14-20-5-7-23(28)24(29)11-20/h2-8,10-11,13,17,26,30,32-34H,9,12,14-16H2,1H3,(H,31,35). The molecular formula is C27H30Cl2N2O4. The molecule has 3 rings (SSSR count). The summed E-state index contributed by atoms with van der Waals surface area (Å²) < 4.78 is 0. The normalized spacial score (nSPS) is 12.8. The Morgan fingerprint density at radius 2 is 1.74 bits per heavy atom. The zero-order chi connectivity index (χ0) is 25.4. The number of halogens is 2. The Morgan fingerprint density at radius 3 is 2.49 bits per heavy atom. The van der Waals surface area contributed by atoms with Crippen LogP contribution in [-0.2, 0) is 30.8 Å². The van der Waals surface area contributed by atoms with Gasteiger partial charge in [0, 0.05) is 24.7 Å². The molecule has 3 aromatic rings. The summed E-state index contributed by atoms with van der Waals surface area (Å²) in [6.07, 6.45) is 0.223. The van der Waals surface area contributed by atoms with Gasteiger partial charge in [-0.1, -0.05) is 59.6 Å². The van der Waals surface area contributed by atoms with Crippen LogP contribution in [-0.4, -0.2) is 33.8 Å². The number of aliphatic hydroxyl groups excluding tert-OH is 2. The largest absolute Gasteiger partial charge is 0.508 e. The predicted molar refractivity (Wildman–Crippen MR) is 139 cm³/mol. The highest BCUT2D eigenvalue weighted by atomic mass is 35.5. The molecular weight excluding hydrogens is 487 g/mol. The Bertz CT molecular complexity index is 1160. The molecule has 8 heteroatoms. The second-order valence-corrected chi connectivity index (χ2v) is 9.41. The first-order valence-electron chi connectivity index (χ1n) is 11.4. The second kappa shape index (κ2) is 12.9. The molecule has 5 N–H and O–H groups in total. The molecule has 0 aromatic heterocycles. The van der Waals surface area contributed by atoms with Crippen molar-refractivity contribution in [3.8, 4) is 5.75 Å². The van der Waals surface area contributed by atoms with Crippen LogP contribution in [0.3, 0.4) is 0 Å². The van der Waals surface area contributed by atoms with Gasteiger partial charge in [-0.15, -0.1) is 0 Å². The van der Waals surface area contributed by atoms with E-state index >= 15 is 0 Å². The number of phenols is 1. The van der Waals surface area contributed by atoms with Crippen LogP contribution >= 0.6 is 23.2 Å². The van der Waals surface area contributed by atoms with E-state index in [0.29, 0.717) is 34.3 Å². The summed E-state index contributed by atoms with van der Waals surface area (Å²) in [6, 6.07) is 18.0. The van der Waals surface area contributed by atoms with E-state index in [-0.39, 0.29) is 30.7 Å². The summed E-state index contributed by atoms with van der Waals surface area (Å²) in [5.74, 6) is -0.0774. The molecule has 0 heterocycles. The molecule has 0 saturated carbocycles. The molecule has 0 saturated heterocycles. The Balaban J connectivity index is 1.48. The van der Waals surface area contributed by atoms with Crippen LogP contribution in [0, 0.1) is 0 Å². The predicted octanol–water partition coefficient (Wildman–Crippen LogP) is 4.30. The number of carbonyl (C=O) groups excluding carboxylic acids is 1. The molecule has 0 aliphatic carbocycles. The number of aromatic hydroxyl groups is 1. The van der Waals surface area contributed by atoms with Gasteiger partial charge in [0.15, 0.2) is 0 Å². The van der Waals surface area contributed by atoms with Gasteiger partial charge in [-0.2, -0.15) is 0 Å². The van der Waals surface area contributed by atoms with Gasteiger partial charge in [0.05, 0.1) is 29.2 Å². The molecule has 6 nitrogen and oxygen atoms in total. The maximum absolute atomic E-state index is 12.4. The molecule has 186 valence electrons. The van der Waals surface area contributed by atoms with Crippen LogP contribution in [0.15, 0.2) is 60.7 Å². The van der Waals surface area contributed by atoms with E-state index in [9.17, 15) is 20.1 Å². The Hall–Kier alpha value is -2.61. The Morgan fingerprint density at radius 1 is 0.971 bits per heavy atom. The lowest BCUT2D eigenvalue weighted by Gasteiger charge is -2.18. The lowest BCUT2D eigenvalue weighted by molar-refractivity contribution is -0.120. The van der Waals surface area contributed by atoms with E-state index in [4.69, 9.17) is 23.2 Å². The van der Waals surface area contributed by atoms with Crippen LogP contribution in [0.4, 0.5) is 0 Å². The molecule has 0 bridgehead atoms. The van der Waals surface area contributed by atoms with E-state index in [2.05, 4.69) is 10.6 Å². The monoisotopic (exact) mass is 516 g/mol. The van der Waals surface area contributed by atoms with E-state index in [0.717, 1.165) is 23.1 Å². The molecule has 3 aromatic carbocycles. The van der Waals surface area contributed by atoms with Crippen LogP contribution < -0.4 is 10.6 Å². The molecule has 0 aliphatic heterocycles. The van der Waals surface area contributed by atoms with Gasteiger partial charge >= 0.3 is 0 Å². The SMILES string of the molecule is CC(Cc1cccc(CC(=O)NCc2ccc(Cl)c(Cl)c2)c1)NCC(O)c1ccc(O)c(CO)c1. The minimum absolute atomic E-state index is 0.00715. The number of hydrogen-bond acceptors (Lipinski definition) is 5. The van der Waals surface area contributed by atoms with Crippen molar-refractivity contribution in [3.63, 3.8) is 0 Å². The molecule has 0 spiro atoms. The summed E-state index contributed by atoms with van der Waals surface area (Å²) in [4.78, 5) is 12.4. The second-order valence-electron chi connectivity index (χ2n) is 8.60. The smallest absolute Gasteiger partial charge is 0.224 e. The molecule has 35 heavy (non-hydrogen) atoms. The highest BCUT2D eigenvalue weighted by Gasteiger charge is 2.13. The number of rotatable bonds is 11. The van der Waals surface area contributed by atoms with Crippen LogP contribution in [0.2, 0.25) is 10.0 Å². The average molecular weight is 517 g/mol. The number of nitrogens with one attached hydrogen (secondary N) is 2. The first kappa shape index (κ1) is 27.0. The van der Waals surface area contributed by atoms with Gasteiger partial charge in [-0.05, 0) is 59.9 Å². The summed E-state index contributed by atoms with van der Waals surface area (Å²) >= 11 is 12.0. The maximum Gasteiger partial charge on any atom is 0.224 e. The third-order valence-corrected chi connectivity index (χ3v) is 6.43. The van der Waals surface area contributed by atoms with Crippen molar-refractivity contribution >= 4 is 29.1 Å². The fraction of sp³-hybridized carbons (Fsp3) is 0.296. The van der Waals surface area contributed by atoms with Gasteiger partial charge in [0.1, 0.15) is 5.75 Å². The van der Waals surface area contributed by atoms with Crippen molar-refractivity contribution in [2.75, 3.05) is 6.54 Å². The summed E-state index contributed by atoms with van der Waals surface area (Å²) in [5, 5.41) is 36.6. The summed E-state index contributed by atoms with van der Waals surface area (Å²) in [5.41, 5.74) is 3.89. The zero-order valence-electron chi connectivity index (χ0n) is 19.5. The molecule has 2 unspecified atom stereocenters.